The Morgan fingerprint density at radius 1 is 1.39 bits per heavy atom. The van der Waals surface area contributed by atoms with E-state index in [2.05, 4.69) is 10.2 Å². The van der Waals surface area contributed by atoms with Gasteiger partial charge >= 0.3 is 11.9 Å². The van der Waals surface area contributed by atoms with E-state index in [-0.39, 0.29) is 5.75 Å². The van der Waals surface area contributed by atoms with Gasteiger partial charge in [-0.25, -0.2) is 13.2 Å². The number of ether oxygens (including phenoxy) is 2. The summed E-state index contributed by atoms with van der Waals surface area (Å²) < 4.78 is 73.2. The zero-order chi connectivity index (χ0) is 23.6. The van der Waals surface area contributed by atoms with Gasteiger partial charge in [0.15, 0.2) is 20.4 Å². The first kappa shape index (κ1) is 24.3. The molecule has 1 aliphatic rings. The highest BCUT2D eigenvalue weighted by Gasteiger charge is 2.54. The number of carbonyl (C=O) groups excluding carboxylic acids is 1. The first-order chi connectivity index (χ1) is 14.2. The van der Waals surface area contributed by atoms with Crippen molar-refractivity contribution in [1.29, 1.82) is 0 Å². The Labute approximate surface area is 178 Å². The number of rotatable bonds is 7. The summed E-state index contributed by atoms with van der Waals surface area (Å²) >= 11 is 5.89. The molecule has 0 radical (unpaired) electrons. The molecular formula is C16H13ClF3N3O7S. The number of benzene rings is 1. The lowest BCUT2D eigenvalue weighted by Gasteiger charge is -2.21. The standard InChI is InChI=1S/C16H13ClF3N3O7S/c1-15(17)13(16(18,19)20)21-22-14(15)29-9-5-6-10(23(25)26)11(8-9)30-12(4-3-7-24)31(2,27)28/h3,5-6,8,12H,4H2,1-2H3. The molecule has 0 aromatic heterocycles. The number of nitro groups is 1. The Hall–Kier alpha value is -2.96. The molecule has 31 heavy (non-hydrogen) atoms. The van der Waals surface area contributed by atoms with Gasteiger partial charge in [0, 0.05) is 30.9 Å². The summed E-state index contributed by atoms with van der Waals surface area (Å²) in [5, 5.41) is 17.5. The fraction of sp³-hybridized carbons (Fsp3) is 0.375. The van der Waals surface area contributed by atoms with Gasteiger partial charge in [-0.3, -0.25) is 10.1 Å². The molecule has 1 aromatic carbocycles. The van der Waals surface area contributed by atoms with E-state index in [9.17, 15) is 36.5 Å². The molecule has 0 N–H and O–H groups in total. The van der Waals surface area contributed by atoms with Gasteiger partial charge in [-0.05, 0) is 13.0 Å². The van der Waals surface area contributed by atoms with E-state index in [4.69, 9.17) is 21.1 Å². The quantitative estimate of drug-likeness (QED) is 0.251. The maximum absolute atomic E-state index is 13.0. The molecule has 0 saturated heterocycles. The van der Waals surface area contributed by atoms with Crippen molar-refractivity contribution in [2.45, 2.75) is 29.8 Å². The molecule has 0 fully saturated rings. The molecule has 10 nitrogen and oxygen atoms in total. The van der Waals surface area contributed by atoms with Gasteiger partial charge in [-0.15, -0.1) is 21.8 Å². The Morgan fingerprint density at radius 3 is 2.52 bits per heavy atom. The highest BCUT2D eigenvalue weighted by molar-refractivity contribution is 7.91. The Balaban J connectivity index is 2.39. The normalized spacial score (nSPS) is 19.7. The van der Waals surface area contributed by atoms with Gasteiger partial charge in [0.05, 0.1) is 4.92 Å². The molecule has 2 atom stereocenters. The predicted molar refractivity (Wildman–Crippen MR) is 103 cm³/mol. The Morgan fingerprint density at radius 2 is 2.03 bits per heavy atom. The first-order valence-electron chi connectivity index (χ1n) is 8.11. The molecule has 1 heterocycles. The van der Waals surface area contributed by atoms with Crippen LogP contribution in [0.1, 0.15) is 13.3 Å². The van der Waals surface area contributed by atoms with Crippen LogP contribution >= 0.6 is 11.6 Å². The van der Waals surface area contributed by atoms with Crippen molar-refractivity contribution in [3.05, 3.63) is 34.4 Å². The van der Waals surface area contributed by atoms with E-state index in [1.165, 1.54) is 5.94 Å². The number of hydrogen-bond donors (Lipinski definition) is 0. The van der Waals surface area contributed by atoms with E-state index in [1.807, 2.05) is 0 Å². The highest BCUT2D eigenvalue weighted by Crippen LogP contribution is 2.37. The summed E-state index contributed by atoms with van der Waals surface area (Å²) in [5.74, 6) is -0.165. The van der Waals surface area contributed by atoms with Crippen LogP contribution < -0.4 is 9.47 Å². The monoisotopic (exact) mass is 483 g/mol. The average molecular weight is 484 g/mol. The van der Waals surface area contributed by atoms with Crippen LogP contribution in [0.2, 0.25) is 0 Å². The SMILES string of the molecule is CC1(Cl)C(Oc2ccc([N+](=O)[O-])c(OC(CC=C=O)S(C)(=O)=O)c2)=NN=C1C(F)(F)F. The van der Waals surface area contributed by atoms with Crippen LogP contribution in [0.3, 0.4) is 0 Å². The number of nitro benzene ring substituents is 1. The molecule has 0 bridgehead atoms. The van der Waals surface area contributed by atoms with Crippen LogP contribution in [-0.4, -0.2) is 53.6 Å². The van der Waals surface area contributed by atoms with Crippen molar-refractivity contribution >= 4 is 44.7 Å². The van der Waals surface area contributed by atoms with Crippen LogP contribution in [0, 0.1) is 10.1 Å². The molecular weight excluding hydrogens is 471 g/mol. The minimum atomic E-state index is -4.89. The number of sulfone groups is 1. The number of nitrogens with zero attached hydrogens (tertiary/aromatic N) is 3. The van der Waals surface area contributed by atoms with Crippen LogP contribution in [0.4, 0.5) is 18.9 Å². The van der Waals surface area contributed by atoms with Crippen LogP contribution in [0.15, 0.2) is 34.5 Å². The van der Waals surface area contributed by atoms with Gasteiger partial charge in [0.1, 0.15) is 11.7 Å². The number of halogens is 4. The molecule has 0 saturated carbocycles. The van der Waals surface area contributed by atoms with Gasteiger partial charge in [0.25, 0.3) is 0 Å². The fourth-order valence-electron chi connectivity index (χ4n) is 2.33. The fourth-order valence-corrected chi connectivity index (χ4v) is 3.28. The van der Waals surface area contributed by atoms with E-state index in [1.54, 1.807) is 0 Å². The lowest BCUT2D eigenvalue weighted by atomic mass is 10.1. The van der Waals surface area contributed by atoms with E-state index in [0.717, 1.165) is 37.5 Å². The summed E-state index contributed by atoms with van der Waals surface area (Å²) in [4.78, 5) is 18.5. The molecule has 0 aliphatic carbocycles. The topological polar surface area (TPSA) is 138 Å². The van der Waals surface area contributed by atoms with E-state index >= 15 is 0 Å². The van der Waals surface area contributed by atoms with Crippen molar-refractivity contribution in [3.8, 4) is 11.5 Å². The average Bonchev–Trinajstić information content (AvgIpc) is 2.91. The van der Waals surface area contributed by atoms with Gasteiger partial charge in [0.2, 0.25) is 17.1 Å². The molecule has 2 unspecified atom stereocenters. The summed E-state index contributed by atoms with van der Waals surface area (Å²) in [6.45, 7) is 0.945. The zero-order valence-electron chi connectivity index (χ0n) is 15.7. The third-order valence-electron chi connectivity index (χ3n) is 3.83. The van der Waals surface area contributed by atoms with E-state index in [0.29, 0.717) is 0 Å². The van der Waals surface area contributed by atoms with Crippen molar-refractivity contribution < 1.29 is 40.8 Å². The second-order valence-corrected chi connectivity index (χ2v) is 9.22. The molecule has 2 rings (SSSR count). The smallest absolute Gasteiger partial charge is 0.433 e. The van der Waals surface area contributed by atoms with Gasteiger partial charge < -0.3 is 9.47 Å². The summed E-state index contributed by atoms with van der Waals surface area (Å²) in [6, 6.07) is 2.78. The van der Waals surface area contributed by atoms with Crippen molar-refractivity contribution in [3.63, 3.8) is 0 Å². The predicted octanol–water partition coefficient (Wildman–Crippen LogP) is 2.83. The summed E-state index contributed by atoms with van der Waals surface area (Å²) in [5.41, 5.74) is -3.76. The first-order valence-corrected chi connectivity index (χ1v) is 10.4. The number of hydrogen-bond acceptors (Lipinski definition) is 9. The largest absolute Gasteiger partial charge is 0.467 e. The molecule has 1 aromatic rings. The minimum absolute atomic E-state index is 0.289. The van der Waals surface area contributed by atoms with Crippen molar-refractivity contribution in [2.24, 2.45) is 10.2 Å². The third-order valence-corrected chi connectivity index (χ3v) is 5.41. The second kappa shape index (κ2) is 8.65. The zero-order valence-corrected chi connectivity index (χ0v) is 17.3. The highest BCUT2D eigenvalue weighted by atomic mass is 35.5. The van der Waals surface area contributed by atoms with Crippen LogP contribution in [0.25, 0.3) is 0 Å². The Kier molecular flexibility index (Phi) is 6.78. The maximum Gasteiger partial charge on any atom is 0.433 e. The van der Waals surface area contributed by atoms with E-state index < -0.39 is 60.7 Å². The summed E-state index contributed by atoms with van der Waals surface area (Å²) in [7, 11) is -3.94. The Bertz CT molecular complexity index is 1110. The van der Waals surface area contributed by atoms with Crippen LogP contribution in [-0.2, 0) is 14.6 Å². The molecule has 1 aliphatic heterocycles. The molecule has 0 amide bonds. The number of alkyl halides is 4. The lowest BCUT2D eigenvalue weighted by molar-refractivity contribution is -0.386. The summed E-state index contributed by atoms with van der Waals surface area (Å²) in [6.07, 6.45) is -3.74. The lowest BCUT2D eigenvalue weighted by Crippen LogP contribution is -2.45. The third kappa shape index (κ3) is 5.60. The van der Waals surface area contributed by atoms with Crippen molar-refractivity contribution in [1.82, 2.24) is 0 Å². The molecule has 168 valence electrons. The molecule has 0 spiro atoms. The second-order valence-electron chi connectivity index (χ2n) is 6.28. The van der Waals surface area contributed by atoms with Crippen molar-refractivity contribution in [2.75, 3.05) is 6.26 Å². The van der Waals surface area contributed by atoms with Gasteiger partial charge in [-0.2, -0.15) is 13.2 Å². The van der Waals surface area contributed by atoms with Gasteiger partial charge in [-0.1, -0.05) is 0 Å². The maximum atomic E-state index is 13.0. The van der Waals surface area contributed by atoms with Crippen LogP contribution in [0.5, 0.6) is 11.5 Å². The minimum Gasteiger partial charge on any atom is -0.467 e. The molecule has 15 heteroatoms.